The molecule has 1 saturated heterocycles. The van der Waals surface area contributed by atoms with Crippen LogP contribution in [0.3, 0.4) is 0 Å². The van der Waals surface area contributed by atoms with Gasteiger partial charge in [0.25, 0.3) is 11.8 Å². The smallest absolute Gasteiger partial charge is 0.316 e. The Morgan fingerprint density at radius 2 is 2.04 bits per heavy atom. The zero-order valence-electron chi connectivity index (χ0n) is 15.8. The van der Waals surface area contributed by atoms with Crippen molar-refractivity contribution in [2.45, 2.75) is 44.7 Å². The summed E-state index contributed by atoms with van der Waals surface area (Å²) >= 11 is 1.07. The molecule has 0 aromatic carbocycles. The molecule has 0 bridgehead atoms. The summed E-state index contributed by atoms with van der Waals surface area (Å²) in [6.45, 7) is 6.26. The molecule has 1 aliphatic rings. The summed E-state index contributed by atoms with van der Waals surface area (Å²) in [5.41, 5.74) is 8.17. The van der Waals surface area contributed by atoms with Crippen molar-refractivity contribution >= 4 is 29.5 Å². The van der Waals surface area contributed by atoms with Crippen molar-refractivity contribution in [3.8, 4) is 0 Å². The summed E-state index contributed by atoms with van der Waals surface area (Å²) in [5.74, 6) is -1.61. The number of aryl methyl sites for hydroxylation is 1. The fraction of sp³-hybridized carbons (Fsp3) is 0.556. The molecule has 2 heterocycles. The molecule has 0 spiro atoms. The van der Waals surface area contributed by atoms with Crippen molar-refractivity contribution in [1.29, 1.82) is 0 Å². The van der Waals surface area contributed by atoms with E-state index in [-0.39, 0.29) is 24.4 Å². The number of ether oxygens (including phenoxy) is 2. The number of pyridine rings is 1. The topological polar surface area (TPSA) is 121 Å². The number of nitrogens with two attached hydrogens (primary N) is 1. The molecule has 0 saturated carbocycles. The first-order valence-electron chi connectivity index (χ1n) is 8.74. The molecule has 1 aromatic rings. The number of esters is 1. The van der Waals surface area contributed by atoms with Crippen molar-refractivity contribution in [3.05, 3.63) is 22.4 Å². The fourth-order valence-corrected chi connectivity index (χ4v) is 3.64. The van der Waals surface area contributed by atoms with Crippen molar-refractivity contribution in [1.82, 2.24) is 10.3 Å². The van der Waals surface area contributed by atoms with Gasteiger partial charge < -0.3 is 20.5 Å². The van der Waals surface area contributed by atoms with Crippen molar-refractivity contribution in [2.75, 3.05) is 25.5 Å². The second kappa shape index (κ2) is 9.70. The number of rotatable bonds is 8. The maximum Gasteiger partial charge on any atom is 0.316 e. The van der Waals surface area contributed by atoms with Gasteiger partial charge in [0.15, 0.2) is 6.61 Å². The Morgan fingerprint density at radius 1 is 1.30 bits per heavy atom. The summed E-state index contributed by atoms with van der Waals surface area (Å²) in [6.07, 6.45) is 1.94. The first-order valence-corrected chi connectivity index (χ1v) is 9.72. The van der Waals surface area contributed by atoms with Crippen LogP contribution < -0.4 is 11.1 Å². The molecule has 0 aliphatic carbocycles. The molecular weight excluding hydrogens is 370 g/mol. The number of aromatic nitrogens is 1. The highest BCUT2D eigenvalue weighted by molar-refractivity contribution is 8.00. The van der Waals surface area contributed by atoms with E-state index in [0.717, 1.165) is 41.4 Å². The van der Waals surface area contributed by atoms with Crippen molar-refractivity contribution < 1.29 is 23.9 Å². The lowest BCUT2D eigenvalue weighted by Crippen LogP contribution is -2.35. The van der Waals surface area contributed by atoms with Crippen LogP contribution in [0.4, 0.5) is 0 Å². The van der Waals surface area contributed by atoms with Gasteiger partial charge in [0.05, 0.1) is 17.4 Å². The van der Waals surface area contributed by atoms with E-state index in [1.807, 2.05) is 13.8 Å². The van der Waals surface area contributed by atoms with Gasteiger partial charge in [0.2, 0.25) is 0 Å². The number of hydrogen-bond donors (Lipinski definition) is 2. The highest BCUT2D eigenvalue weighted by Gasteiger charge is 2.19. The number of hydrogen-bond acceptors (Lipinski definition) is 7. The van der Waals surface area contributed by atoms with Gasteiger partial charge in [-0.15, -0.1) is 0 Å². The summed E-state index contributed by atoms with van der Waals surface area (Å²) in [5, 5.41) is 3.07. The van der Waals surface area contributed by atoms with Crippen molar-refractivity contribution in [3.63, 3.8) is 0 Å². The molecule has 8 nitrogen and oxygen atoms in total. The second-order valence-electron chi connectivity index (χ2n) is 6.38. The third-order valence-corrected chi connectivity index (χ3v) is 5.40. The van der Waals surface area contributed by atoms with E-state index in [1.165, 1.54) is 0 Å². The van der Waals surface area contributed by atoms with E-state index in [4.69, 9.17) is 15.2 Å². The molecule has 2 rings (SSSR count). The molecule has 1 fully saturated rings. The number of thioether (sulfide) groups is 1. The Hall–Kier alpha value is -2.13. The van der Waals surface area contributed by atoms with Gasteiger partial charge in [0.1, 0.15) is 5.03 Å². The van der Waals surface area contributed by atoms with Gasteiger partial charge >= 0.3 is 5.97 Å². The average molecular weight is 395 g/mol. The van der Waals surface area contributed by atoms with E-state index >= 15 is 0 Å². The third-order valence-electron chi connectivity index (χ3n) is 4.45. The molecule has 0 unspecified atom stereocenters. The minimum atomic E-state index is -0.590. The normalized spacial score (nSPS) is 16.2. The van der Waals surface area contributed by atoms with Crippen LogP contribution in [0.15, 0.2) is 5.03 Å². The molecule has 1 aromatic heterocycles. The number of nitrogens with one attached hydrogen (secondary N) is 1. The van der Waals surface area contributed by atoms with E-state index in [9.17, 15) is 14.4 Å². The Balaban J connectivity index is 1.83. The Labute approximate surface area is 162 Å². The Bertz CT molecular complexity index is 732. The Kier molecular flexibility index (Phi) is 7.61. The molecule has 1 atom stereocenters. The van der Waals surface area contributed by atoms with E-state index in [2.05, 4.69) is 10.3 Å². The van der Waals surface area contributed by atoms with E-state index in [0.29, 0.717) is 23.7 Å². The van der Waals surface area contributed by atoms with Gasteiger partial charge in [-0.3, -0.25) is 14.4 Å². The molecule has 0 radical (unpaired) electrons. The zero-order valence-corrected chi connectivity index (χ0v) is 16.6. The quantitative estimate of drug-likeness (QED) is 0.498. The predicted molar refractivity (Wildman–Crippen MR) is 101 cm³/mol. The van der Waals surface area contributed by atoms with Gasteiger partial charge in [-0.2, -0.15) is 0 Å². The van der Waals surface area contributed by atoms with Gasteiger partial charge in [-0.1, -0.05) is 11.8 Å². The van der Waals surface area contributed by atoms with E-state index < -0.39 is 11.9 Å². The first kappa shape index (κ1) is 21.2. The number of carbonyl (C=O) groups is 3. The average Bonchev–Trinajstić information content (AvgIpc) is 3.14. The van der Waals surface area contributed by atoms with Crippen LogP contribution in [0.5, 0.6) is 0 Å². The minimum absolute atomic E-state index is 0.0338. The van der Waals surface area contributed by atoms with Gasteiger partial charge in [-0.25, -0.2) is 4.98 Å². The van der Waals surface area contributed by atoms with Crippen LogP contribution in [-0.2, 0) is 19.1 Å². The predicted octanol–water partition coefficient (Wildman–Crippen LogP) is 1.04. The summed E-state index contributed by atoms with van der Waals surface area (Å²) < 4.78 is 10.4. The molecule has 148 valence electrons. The summed E-state index contributed by atoms with van der Waals surface area (Å²) in [6, 6.07) is 0. The highest BCUT2D eigenvalue weighted by atomic mass is 32.2. The molecule has 3 N–H and O–H groups in total. The molecular formula is C18H25N3O5S. The molecule has 2 amide bonds. The van der Waals surface area contributed by atoms with Gasteiger partial charge in [0, 0.05) is 18.8 Å². The number of nitrogens with zero attached hydrogens (tertiary/aromatic N) is 1. The van der Waals surface area contributed by atoms with Crippen LogP contribution in [0.2, 0.25) is 0 Å². The van der Waals surface area contributed by atoms with Crippen LogP contribution in [0.1, 0.15) is 40.0 Å². The lowest BCUT2D eigenvalue weighted by atomic mass is 10.0. The molecule has 9 heteroatoms. The summed E-state index contributed by atoms with van der Waals surface area (Å²) in [4.78, 5) is 39.7. The highest BCUT2D eigenvalue weighted by Crippen LogP contribution is 2.26. The maximum atomic E-state index is 11.9. The van der Waals surface area contributed by atoms with Gasteiger partial charge in [-0.05, 0) is 44.7 Å². The van der Waals surface area contributed by atoms with Crippen LogP contribution in [-0.4, -0.2) is 54.4 Å². The monoisotopic (exact) mass is 395 g/mol. The standard InChI is InChI=1S/C18H25N3O5S/c1-10-11(2)16(17(19)24)18(21-12(10)3)27-9-15(23)26-8-14(22)20-7-13-5-4-6-25-13/h13H,4-9H2,1-3H3,(H2,19,24)(H,20,22)/t13-/m1/s1. The molecule has 1 aliphatic heterocycles. The molecule has 27 heavy (non-hydrogen) atoms. The zero-order chi connectivity index (χ0) is 20.0. The fourth-order valence-electron chi connectivity index (χ4n) is 2.70. The van der Waals surface area contributed by atoms with Crippen LogP contribution >= 0.6 is 11.8 Å². The lowest BCUT2D eigenvalue weighted by molar-refractivity contribution is -0.146. The first-order chi connectivity index (χ1) is 12.8. The maximum absolute atomic E-state index is 11.9. The van der Waals surface area contributed by atoms with Crippen molar-refractivity contribution in [2.24, 2.45) is 5.73 Å². The third kappa shape index (κ3) is 5.93. The Morgan fingerprint density at radius 3 is 2.67 bits per heavy atom. The van der Waals surface area contributed by atoms with Crippen LogP contribution in [0, 0.1) is 20.8 Å². The van der Waals surface area contributed by atoms with Crippen LogP contribution in [0.25, 0.3) is 0 Å². The SMILES string of the molecule is Cc1nc(SCC(=O)OCC(=O)NC[C@H]2CCCO2)c(C(N)=O)c(C)c1C. The second-order valence-corrected chi connectivity index (χ2v) is 7.34. The van der Waals surface area contributed by atoms with E-state index in [1.54, 1.807) is 6.92 Å². The lowest BCUT2D eigenvalue weighted by Gasteiger charge is -2.13. The number of carbonyl (C=O) groups excluding carboxylic acids is 3. The number of amides is 2. The minimum Gasteiger partial charge on any atom is -0.455 e. The number of primary amides is 1. The largest absolute Gasteiger partial charge is 0.455 e. The summed E-state index contributed by atoms with van der Waals surface area (Å²) in [7, 11) is 0.